The largest absolute Gasteiger partial charge is 0.379 e. The smallest absolute Gasteiger partial charge is 0.0844 e. The summed E-state index contributed by atoms with van der Waals surface area (Å²) < 4.78 is 5.04. The van der Waals surface area contributed by atoms with E-state index in [0.717, 1.165) is 23.4 Å². The van der Waals surface area contributed by atoms with Crippen molar-refractivity contribution in [3.63, 3.8) is 0 Å². The minimum atomic E-state index is 0.583. The fraction of sp³-hybridized carbons (Fsp3) is 0.364. The van der Waals surface area contributed by atoms with Crippen LogP contribution in [0.25, 0.3) is 5.70 Å². The van der Waals surface area contributed by atoms with Crippen LogP contribution < -0.4 is 0 Å². The average molecular weight is 209 g/mol. The van der Waals surface area contributed by atoms with Gasteiger partial charge in [-0.05, 0) is 17.9 Å². The summed E-state index contributed by atoms with van der Waals surface area (Å²) in [4.78, 5) is 4.43. The lowest BCUT2D eigenvalue weighted by Crippen LogP contribution is -2.05. The van der Waals surface area contributed by atoms with Gasteiger partial charge >= 0.3 is 0 Å². The van der Waals surface area contributed by atoms with Gasteiger partial charge in [-0.1, -0.05) is 13.5 Å². The summed E-state index contributed by atoms with van der Waals surface area (Å²) in [6.07, 6.45) is 0.900. The van der Waals surface area contributed by atoms with E-state index in [-0.39, 0.29) is 0 Å². The Hall–Kier alpha value is -0.930. The number of hydrogen-bond donors (Lipinski definition) is 0. The lowest BCUT2D eigenvalue weighted by atomic mass is 10.2. The molecule has 0 aromatic carbocycles. The van der Waals surface area contributed by atoms with E-state index in [2.05, 4.69) is 18.5 Å². The Balaban J connectivity index is 2.70. The molecule has 3 heteroatoms. The van der Waals surface area contributed by atoms with E-state index in [1.807, 2.05) is 16.8 Å². The normalized spacial score (nSPS) is 11.7. The molecule has 1 heterocycles. The van der Waals surface area contributed by atoms with Crippen molar-refractivity contribution in [2.75, 3.05) is 13.7 Å². The van der Waals surface area contributed by atoms with E-state index in [9.17, 15) is 0 Å². The second-order valence-electron chi connectivity index (χ2n) is 2.92. The molecule has 0 bridgehead atoms. The second kappa shape index (κ2) is 5.73. The summed E-state index contributed by atoms with van der Waals surface area (Å²) in [5, 5.41) is 4.07. The monoisotopic (exact) mass is 209 g/mol. The molecule has 0 saturated heterocycles. The van der Waals surface area contributed by atoms with Crippen LogP contribution in [0.1, 0.15) is 18.9 Å². The van der Waals surface area contributed by atoms with Gasteiger partial charge in [-0.3, -0.25) is 4.99 Å². The summed E-state index contributed by atoms with van der Waals surface area (Å²) in [6.45, 7) is 6.58. The molecule has 14 heavy (non-hydrogen) atoms. The molecule has 1 aromatic heterocycles. The molecule has 0 radical (unpaired) electrons. The van der Waals surface area contributed by atoms with Crippen molar-refractivity contribution in [3.8, 4) is 0 Å². The number of rotatable bonds is 5. The summed E-state index contributed by atoms with van der Waals surface area (Å²) in [6, 6.07) is 2.02. The average Bonchev–Trinajstić information content (AvgIpc) is 2.69. The number of aliphatic imine (C=N–C) groups is 1. The number of methoxy groups -OCH3 is 1. The summed E-state index contributed by atoms with van der Waals surface area (Å²) in [7, 11) is 1.68. The van der Waals surface area contributed by atoms with Gasteiger partial charge in [0.2, 0.25) is 0 Å². The van der Waals surface area contributed by atoms with Gasteiger partial charge in [0.1, 0.15) is 0 Å². The van der Waals surface area contributed by atoms with Crippen LogP contribution in [0.3, 0.4) is 0 Å². The van der Waals surface area contributed by atoms with Gasteiger partial charge in [-0.25, -0.2) is 0 Å². The van der Waals surface area contributed by atoms with Crippen molar-refractivity contribution >= 4 is 22.7 Å². The first-order valence-electron chi connectivity index (χ1n) is 4.54. The maximum Gasteiger partial charge on any atom is 0.0844 e. The molecule has 2 nitrogen and oxygen atoms in total. The second-order valence-corrected chi connectivity index (χ2v) is 3.70. The van der Waals surface area contributed by atoms with Gasteiger partial charge < -0.3 is 4.74 Å². The van der Waals surface area contributed by atoms with E-state index in [1.54, 1.807) is 18.4 Å². The summed E-state index contributed by atoms with van der Waals surface area (Å²) >= 11 is 1.65. The van der Waals surface area contributed by atoms with Crippen LogP contribution in [0.2, 0.25) is 0 Å². The molecule has 1 rings (SSSR count). The lowest BCUT2D eigenvalue weighted by molar-refractivity contribution is 0.244. The minimum absolute atomic E-state index is 0.583. The van der Waals surface area contributed by atoms with E-state index in [4.69, 9.17) is 4.74 Å². The SMILES string of the molecule is C=C(N=C(CC)COC)c1ccsc1. The molecule has 0 N–H and O–H groups in total. The van der Waals surface area contributed by atoms with Crippen molar-refractivity contribution < 1.29 is 4.74 Å². The Morgan fingerprint density at radius 2 is 2.43 bits per heavy atom. The van der Waals surface area contributed by atoms with Gasteiger partial charge in [0, 0.05) is 23.8 Å². The molecular weight excluding hydrogens is 194 g/mol. The van der Waals surface area contributed by atoms with Crippen LogP contribution in [0.15, 0.2) is 28.4 Å². The Morgan fingerprint density at radius 3 is 2.93 bits per heavy atom. The zero-order valence-electron chi connectivity index (χ0n) is 8.62. The lowest BCUT2D eigenvalue weighted by Gasteiger charge is -2.03. The molecule has 0 atom stereocenters. The standard InChI is InChI=1S/C11H15NOS/c1-4-11(7-13-3)12-9(2)10-5-6-14-8-10/h5-6,8H,2,4,7H2,1,3H3. The van der Waals surface area contributed by atoms with E-state index >= 15 is 0 Å². The molecule has 0 aliphatic carbocycles. The number of ether oxygens (including phenoxy) is 1. The highest BCUT2D eigenvalue weighted by Crippen LogP contribution is 2.17. The molecule has 76 valence electrons. The van der Waals surface area contributed by atoms with Gasteiger partial charge in [-0.2, -0.15) is 11.3 Å². The van der Waals surface area contributed by atoms with E-state index < -0.39 is 0 Å². The molecule has 0 spiro atoms. The topological polar surface area (TPSA) is 21.6 Å². The zero-order chi connectivity index (χ0) is 10.4. The molecule has 0 saturated carbocycles. The third kappa shape index (κ3) is 3.09. The maximum absolute atomic E-state index is 5.04. The van der Waals surface area contributed by atoms with Crippen LogP contribution in [-0.2, 0) is 4.74 Å². The van der Waals surface area contributed by atoms with Crippen molar-refractivity contribution in [2.45, 2.75) is 13.3 Å². The Morgan fingerprint density at radius 1 is 1.64 bits per heavy atom. The highest BCUT2D eigenvalue weighted by atomic mass is 32.1. The quantitative estimate of drug-likeness (QED) is 0.682. The molecule has 1 aromatic rings. The number of thiophene rings is 1. The van der Waals surface area contributed by atoms with Gasteiger partial charge in [0.05, 0.1) is 12.3 Å². The third-order valence-electron chi connectivity index (χ3n) is 1.87. The van der Waals surface area contributed by atoms with Crippen LogP contribution in [0.5, 0.6) is 0 Å². The molecular formula is C11H15NOS. The Labute approximate surface area is 88.9 Å². The molecule has 0 unspecified atom stereocenters. The van der Waals surface area contributed by atoms with E-state index in [0.29, 0.717) is 6.61 Å². The zero-order valence-corrected chi connectivity index (χ0v) is 9.43. The predicted molar refractivity (Wildman–Crippen MR) is 63.0 cm³/mol. The molecule has 0 aliphatic heterocycles. The van der Waals surface area contributed by atoms with Crippen molar-refractivity contribution in [3.05, 3.63) is 29.0 Å². The van der Waals surface area contributed by atoms with E-state index in [1.165, 1.54) is 0 Å². The van der Waals surface area contributed by atoms with Crippen LogP contribution >= 0.6 is 11.3 Å². The van der Waals surface area contributed by atoms with Crippen LogP contribution in [0.4, 0.5) is 0 Å². The molecule has 0 fully saturated rings. The molecule has 0 aliphatic rings. The van der Waals surface area contributed by atoms with Crippen molar-refractivity contribution in [2.24, 2.45) is 4.99 Å². The number of hydrogen-bond acceptors (Lipinski definition) is 3. The molecule has 0 amide bonds. The Kier molecular flexibility index (Phi) is 4.56. The summed E-state index contributed by atoms with van der Waals surface area (Å²) in [5.41, 5.74) is 2.95. The van der Waals surface area contributed by atoms with Gasteiger partial charge in [0.15, 0.2) is 0 Å². The first-order valence-corrected chi connectivity index (χ1v) is 5.49. The Bertz CT molecular complexity index is 314. The van der Waals surface area contributed by atoms with Crippen molar-refractivity contribution in [1.82, 2.24) is 0 Å². The van der Waals surface area contributed by atoms with Crippen molar-refractivity contribution in [1.29, 1.82) is 0 Å². The van der Waals surface area contributed by atoms with Crippen LogP contribution in [0, 0.1) is 0 Å². The van der Waals surface area contributed by atoms with Gasteiger partial charge in [-0.15, -0.1) is 0 Å². The predicted octanol–water partition coefficient (Wildman–Crippen LogP) is 3.22. The fourth-order valence-corrected chi connectivity index (χ4v) is 1.73. The summed E-state index contributed by atoms with van der Waals surface area (Å²) in [5.74, 6) is 0. The van der Waals surface area contributed by atoms with Crippen LogP contribution in [-0.4, -0.2) is 19.4 Å². The van der Waals surface area contributed by atoms with Gasteiger partial charge in [0.25, 0.3) is 0 Å². The first kappa shape index (κ1) is 11.1. The number of nitrogens with zero attached hydrogens (tertiary/aromatic N) is 1. The first-order chi connectivity index (χ1) is 6.77. The minimum Gasteiger partial charge on any atom is -0.379 e. The highest BCUT2D eigenvalue weighted by molar-refractivity contribution is 7.08. The highest BCUT2D eigenvalue weighted by Gasteiger charge is 2.00. The third-order valence-corrected chi connectivity index (χ3v) is 2.55. The fourth-order valence-electron chi connectivity index (χ4n) is 1.06. The maximum atomic E-state index is 5.04.